The van der Waals surface area contributed by atoms with E-state index in [1.165, 1.54) is 6.20 Å². The fourth-order valence-electron chi connectivity index (χ4n) is 2.35. The molecule has 7 heteroatoms. The lowest BCUT2D eigenvalue weighted by molar-refractivity contribution is -0.121. The summed E-state index contributed by atoms with van der Waals surface area (Å²) < 4.78 is 0. The highest BCUT2D eigenvalue weighted by molar-refractivity contribution is 6.33. The zero-order valence-electron chi connectivity index (χ0n) is 12.0. The molecular weight excluding hydrogens is 290 g/mol. The Kier molecular flexibility index (Phi) is 5.37. The normalized spacial score (nSPS) is 16.1. The number of nitriles is 1. The van der Waals surface area contributed by atoms with Gasteiger partial charge in [0.15, 0.2) is 0 Å². The van der Waals surface area contributed by atoms with Gasteiger partial charge < -0.3 is 10.2 Å². The summed E-state index contributed by atoms with van der Waals surface area (Å²) in [6.07, 6.45) is 2.48. The van der Waals surface area contributed by atoms with Crippen LogP contribution in [0.4, 0.5) is 5.82 Å². The van der Waals surface area contributed by atoms with Crippen molar-refractivity contribution in [2.45, 2.75) is 6.42 Å². The number of halogens is 1. The first-order valence-electron chi connectivity index (χ1n) is 6.87. The van der Waals surface area contributed by atoms with Gasteiger partial charge in [-0.05, 0) is 12.5 Å². The van der Waals surface area contributed by atoms with Gasteiger partial charge in [0.25, 0.3) is 0 Å². The van der Waals surface area contributed by atoms with Crippen LogP contribution >= 0.6 is 11.6 Å². The van der Waals surface area contributed by atoms with Crippen molar-refractivity contribution in [1.29, 1.82) is 5.26 Å². The maximum absolute atomic E-state index is 11.4. The molecule has 0 aromatic carbocycles. The van der Waals surface area contributed by atoms with Gasteiger partial charge in [-0.15, -0.1) is 0 Å². The van der Waals surface area contributed by atoms with E-state index < -0.39 is 0 Å². The molecule has 2 rings (SSSR count). The molecule has 2 heterocycles. The van der Waals surface area contributed by atoms with Crippen LogP contribution in [0.5, 0.6) is 0 Å². The molecular formula is C14H18ClN5O. The van der Waals surface area contributed by atoms with Crippen molar-refractivity contribution in [3.63, 3.8) is 0 Å². The third-order valence-corrected chi connectivity index (χ3v) is 3.76. The predicted octanol–water partition coefficient (Wildman–Crippen LogP) is 0.865. The van der Waals surface area contributed by atoms with Crippen LogP contribution in [0.15, 0.2) is 12.3 Å². The summed E-state index contributed by atoms with van der Waals surface area (Å²) in [7, 11) is 1.65. The van der Waals surface area contributed by atoms with Crippen molar-refractivity contribution in [2.75, 3.05) is 44.7 Å². The largest absolute Gasteiger partial charge is 0.358 e. The summed E-state index contributed by atoms with van der Waals surface area (Å²) in [5.74, 6) is 0.732. The second-order valence-electron chi connectivity index (χ2n) is 4.93. The highest BCUT2D eigenvalue weighted by atomic mass is 35.5. The standard InChI is InChI=1S/C14H18ClN5O/c1-17-13(21)10-19-3-2-4-20(6-5-19)14-12(15)7-11(8-16)9-18-14/h7,9H,2-6,10H2,1H3,(H,17,21). The third kappa shape index (κ3) is 4.06. The van der Waals surface area contributed by atoms with Gasteiger partial charge in [-0.1, -0.05) is 11.6 Å². The van der Waals surface area contributed by atoms with E-state index in [1.54, 1.807) is 13.1 Å². The summed E-state index contributed by atoms with van der Waals surface area (Å²) >= 11 is 6.20. The van der Waals surface area contributed by atoms with Gasteiger partial charge in [0, 0.05) is 39.4 Å². The molecule has 0 aliphatic carbocycles. The highest BCUT2D eigenvalue weighted by Gasteiger charge is 2.19. The molecule has 0 radical (unpaired) electrons. The molecule has 1 aromatic heterocycles. The lowest BCUT2D eigenvalue weighted by atomic mass is 10.3. The summed E-state index contributed by atoms with van der Waals surface area (Å²) in [6, 6.07) is 3.66. The van der Waals surface area contributed by atoms with E-state index in [0.717, 1.165) is 32.6 Å². The molecule has 0 unspecified atom stereocenters. The van der Waals surface area contributed by atoms with Crippen LogP contribution in [0, 0.1) is 11.3 Å². The third-order valence-electron chi connectivity index (χ3n) is 3.48. The molecule has 0 atom stereocenters. The second kappa shape index (κ2) is 7.25. The summed E-state index contributed by atoms with van der Waals surface area (Å²) in [6.45, 7) is 3.67. The van der Waals surface area contributed by atoms with Crippen molar-refractivity contribution < 1.29 is 4.79 Å². The van der Waals surface area contributed by atoms with Crippen LogP contribution in [-0.4, -0.2) is 55.6 Å². The Balaban J connectivity index is 2.03. The molecule has 0 saturated carbocycles. The minimum atomic E-state index is 0.0259. The second-order valence-corrected chi connectivity index (χ2v) is 5.34. The van der Waals surface area contributed by atoms with Crippen molar-refractivity contribution in [1.82, 2.24) is 15.2 Å². The lowest BCUT2D eigenvalue weighted by Crippen LogP contribution is -2.38. The zero-order chi connectivity index (χ0) is 15.2. The monoisotopic (exact) mass is 307 g/mol. The number of anilines is 1. The predicted molar refractivity (Wildman–Crippen MR) is 81.3 cm³/mol. The number of aromatic nitrogens is 1. The van der Waals surface area contributed by atoms with E-state index in [0.29, 0.717) is 22.9 Å². The SMILES string of the molecule is CNC(=O)CN1CCCN(c2ncc(C#N)cc2Cl)CC1. The zero-order valence-corrected chi connectivity index (χ0v) is 12.7. The number of nitrogens with one attached hydrogen (secondary N) is 1. The Morgan fingerprint density at radius 3 is 2.95 bits per heavy atom. The molecule has 1 N–H and O–H groups in total. The van der Waals surface area contributed by atoms with Crippen molar-refractivity contribution >= 4 is 23.3 Å². The van der Waals surface area contributed by atoms with Gasteiger partial charge in [-0.25, -0.2) is 4.98 Å². The minimum absolute atomic E-state index is 0.0259. The van der Waals surface area contributed by atoms with Gasteiger partial charge in [0.1, 0.15) is 11.9 Å². The summed E-state index contributed by atoms with van der Waals surface area (Å²) in [5.41, 5.74) is 0.458. The summed E-state index contributed by atoms with van der Waals surface area (Å²) in [5, 5.41) is 12.0. The smallest absolute Gasteiger partial charge is 0.233 e. The lowest BCUT2D eigenvalue weighted by Gasteiger charge is -2.23. The Bertz CT molecular complexity index is 557. The molecule has 1 aromatic rings. The number of pyridine rings is 1. The first-order valence-corrected chi connectivity index (χ1v) is 7.25. The molecule has 21 heavy (non-hydrogen) atoms. The van der Waals surface area contributed by atoms with Gasteiger partial charge >= 0.3 is 0 Å². The Morgan fingerprint density at radius 1 is 1.48 bits per heavy atom. The number of amides is 1. The van der Waals surface area contributed by atoms with E-state index in [2.05, 4.69) is 20.1 Å². The number of rotatable bonds is 3. The number of hydrogen-bond donors (Lipinski definition) is 1. The van der Waals surface area contributed by atoms with Crippen LogP contribution in [-0.2, 0) is 4.79 Å². The van der Waals surface area contributed by atoms with E-state index in [-0.39, 0.29) is 5.91 Å². The minimum Gasteiger partial charge on any atom is -0.358 e. The number of carbonyl (C=O) groups excluding carboxylic acids is 1. The van der Waals surface area contributed by atoms with Crippen molar-refractivity contribution in [3.05, 3.63) is 22.8 Å². The number of carbonyl (C=O) groups is 1. The van der Waals surface area contributed by atoms with Gasteiger partial charge in [0.2, 0.25) is 5.91 Å². The van der Waals surface area contributed by atoms with Crippen LogP contribution < -0.4 is 10.2 Å². The average Bonchev–Trinajstić information content (AvgIpc) is 2.72. The molecule has 112 valence electrons. The van der Waals surface area contributed by atoms with Crippen molar-refractivity contribution in [2.24, 2.45) is 0 Å². The molecule has 1 aliphatic rings. The van der Waals surface area contributed by atoms with Gasteiger partial charge in [-0.3, -0.25) is 9.69 Å². The first kappa shape index (κ1) is 15.5. The van der Waals surface area contributed by atoms with Crippen LogP contribution in [0.25, 0.3) is 0 Å². The molecule has 6 nitrogen and oxygen atoms in total. The van der Waals surface area contributed by atoms with Crippen LogP contribution in [0.2, 0.25) is 5.02 Å². The molecule has 1 fully saturated rings. The molecule has 1 saturated heterocycles. The first-order chi connectivity index (χ1) is 10.1. The molecule has 1 aliphatic heterocycles. The maximum atomic E-state index is 11.4. The molecule has 0 bridgehead atoms. The number of likely N-dealkylation sites (N-methyl/N-ethyl adjacent to an activating group) is 1. The fraction of sp³-hybridized carbons (Fsp3) is 0.500. The van der Waals surface area contributed by atoms with Crippen LogP contribution in [0.1, 0.15) is 12.0 Å². The number of hydrogen-bond acceptors (Lipinski definition) is 5. The fourth-order valence-corrected chi connectivity index (χ4v) is 2.63. The maximum Gasteiger partial charge on any atom is 0.233 e. The van der Waals surface area contributed by atoms with Gasteiger partial charge in [0.05, 0.1) is 17.1 Å². The number of nitrogens with zero attached hydrogens (tertiary/aromatic N) is 4. The highest BCUT2D eigenvalue weighted by Crippen LogP contribution is 2.24. The Morgan fingerprint density at radius 2 is 2.29 bits per heavy atom. The average molecular weight is 308 g/mol. The van der Waals surface area contributed by atoms with Gasteiger partial charge in [-0.2, -0.15) is 5.26 Å². The van der Waals surface area contributed by atoms with E-state index in [1.807, 2.05) is 6.07 Å². The quantitative estimate of drug-likeness (QED) is 0.897. The van der Waals surface area contributed by atoms with Crippen LogP contribution in [0.3, 0.4) is 0 Å². The van der Waals surface area contributed by atoms with E-state index in [4.69, 9.17) is 16.9 Å². The van der Waals surface area contributed by atoms with E-state index in [9.17, 15) is 4.79 Å². The van der Waals surface area contributed by atoms with E-state index >= 15 is 0 Å². The Labute approximate surface area is 129 Å². The molecule has 0 spiro atoms. The Hall–Kier alpha value is -1.84. The topological polar surface area (TPSA) is 72.3 Å². The van der Waals surface area contributed by atoms with Crippen molar-refractivity contribution in [3.8, 4) is 6.07 Å². The summed E-state index contributed by atoms with van der Waals surface area (Å²) in [4.78, 5) is 20.0. The molecule has 1 amide bonds.